The molecule has 122 valence electrons. The van der Waals surface area contributed by atoms with Crippen molar-refractivity contribution in [1.29, 1.82) is 0 Å². The van der Waals surface area contributed by atoms with E-state index in [1.807, 2.05) is 0 Å². The molecule has 0 amide bonds. The van der Waals surface area contributed by atoms with Crippen molar-refractivity contribution in [3.8, 4) is 0 Å². The van der Waals surface area contributed by atoms with Crippen LogP contribution >= 0.6 is 69.6 Å². The third kappa shape index (κ3) is 1.92. The van der Waals surface area contributed by atoms with E-state index in [1.54, 1.807) is 0 Å². The van der Waals surface area contributed by atoms with E-state index >= 15 is 0 Å². The van der Waals surface area contributed by atoms with Gasteiger partial charge in [-0.25, -0.2) is 0 Å². The van der Waals surface area contributed by atoms with Crippen LogP contribution in [0.5, 0.6) is 0 Å². The zero-order valence-electron chi connectivity index (χ0n) is 10.6. The Morgan fingerprint density at radius 1 is 1.14 bits per heavy atom. The minimum absolute atomic E-state index is 0.156. The Bertz CT molecular complexity index is 602. The van der Waals surface area contributed by atoms with Crippen molar-refractivity contribution in [2.45, 2.75) is 14.1 Å². The standard InChI is InChI=1S/C12H8Cl6O4/c1-2-3-22-9(21)5-4(8(19)20)10(15)6(13)7(14)11(5,16)12(10,17)18/h2,4-5H,1,3H2,(H,19,20)/t4-,5+,10-,11-/m0/s1. The van der Waals surface area contributed by atoms with Crippen LogP contribution in [0.4, 0.5) is 0 Å². The van der Waals surface area contributed by atoms with Gasteiger partial charge in [-0.2, -0.15) is 0 Å². The molecule has 0 saturated heterocycles. The van der Waals surface area contributed by atoms with Crippen molar-refractivity contribution in [1.82, 2.24) is 0 Å². The third-order valence-corrected chi connectivity index (χ3v) is 8.06. The monoisotopic (exact) mass is 426 g/mol. The quantitative estimate of drug-likeness (QED) is 0.419. The van der Waals surface area contributed by atoms with E-state index in [0.717, 1.165) is 0 Å². The summed E-state index contributed by atoms with van der Waals surface area (Å²) in [5.41, 5.74) is 0. The van der Waals surface area contributed by atoms with E-state index in [1.165, 1.54) is 6.08 Å². The molecule has 0 aromatic carbocycles. The van der Waals surface area contributed by atoms with Crippen molar-refractivity contribution < 1.29 is 19.4 Å². The molecular formula is C12H8Cl6O4. The first-order valence-corrected chi connectivity index (χ1v) is 8.08. The number of carbonyl (C=O) groups excluding carboxylic acids is 1. The van der Waals surface area contributed by atoms with Crippen LogP contribution < -0.4 is 0 Å². The molecule has 0 unspecified atom stereocenters. The molecule has 2 aliphatic carbocycles. The lowest BCUT2D eigenvalue weighted by Crippen LogP contribution is -2.46. The van der Waals surface area contributed by atoms with E-state index in [9.17, 15) is 14.7 Å². The van der Waals surface area contributed by atoms with Gasteiger partial charge in [0, 0.05) is 0 Å². The molecule has 0 aromatic heterocycles. The molecule has 4 nitrogen and oxygen atoms in total. The molecule has 0 radical (unpaired) electrons. The molecule has 0 spiro atoms. The molecule has 4 atom stereocenters. The fourth-order valence-corrected chi connectivity index (χ4v) is 5.75. The Hall–Kier alpha value is 0.160. The predicted octanol–water partition coefficient (Wildman–Crippen LogP) is 3.88. The SMILES string of the molecule is C=CCOC(=O)[C@H]1[C@@H](C(=O)O)[C@]2(Cl)C(Cl)=C(Cl)[C@]1(Cl)C2(Cl)Cl. The Kier molecular flexibility index (Phi) is 4.72. The van der Waals surface area contributed by atoms with Crippen molar-refractivity contribution in [2.75, 3.05) is 6.61 Å². The second-order valence-electron chi connectivity index (χ2n) is 4.84. The molecule has 1 saturated carbocycles. The number of rotatable bonds is 4. The van der Waals surface area contributed by atoms with Gasteiger partial charge in [-0.3, -0.25) is 9.59 Å². The highest BCUT2D eigenvalue weighted by Gasteiger charge is 2.85. The molecule has 2 aliphatic rings. The molecule has 2 rings (SSSR count). The first kappa shape index (κ1) is 18.5. The van der Waals surface area contributed by atoms with Crippen LogP contribution in [0.15, 0.2) is 22.7 Å². The highest BCUT2D eigenvalue weighted by atomic mass is 35.5. The molecular weight excluding hydrogens is 421 g/mol. The van der Waals surface area contributed by atoms with Gasteiger partial charge in [0.25, 0.3) is 0 Å². The third-order valence-electron chi connectivity index (χ3n) is 3.80. The van der Waals surface area contributed by atoms with E-state index in [4.69, 9.17) is 74.3 Å². The second-order valence-corrected chi connectivity index (χ2v) is 8.11. The van der Waals surface area contributed by atoms with Crippen LogP contribution in [-0.4, -0.2) is 37.7 Å². The van der Waals surface area contributed by atoms with Crippen molar-refractivity contribution in [3.05, 3.63) is 22.7 Å². The van der Waals surface area contributed by atoms with Gasteiger partial charge in [0.05, 0.1) is 21.9 Å². The summed E-state index contributed by atoms with van der Waals surface area (Å²) in [5.74, 6) is -5.55. The van der Waals surface area contributed by atoms with Crippen molar-refractivity contribution in [2.24, 2.45) is 11.8 Å². The maximum atomic E-state index is 12.3. The van der Waals surface area contributed by atoms with Gasteiger partial charge in [0.1, 0.15) is 16.4 Å². The van der Waals surface area contributed by atoms with Crippen molar-refractivity contribution >= 4 is 81.5 Å². The summed E-state index contributed by atoms with van der Waals surface area (Å²) in [6.07, 6.45) is 1.30. The van der Waals surface area contributed by atoms with Gasteiger partial charge >= 0.3 is 11.9 Å². The highest BCUT2D eigenvalue weighted by Crippen LogP contribution is 2.76. The fourth-order valence-electron chi connectivity index (χ4n) is 2.82. The normalized spacial score (nSPS) is 39.0. The number of allylic oxidation sites excluding steroid dienone is 2. The van der Waals surface area contributed by atoms with Crippen LogP contribution in [0.25, 0.3) is 0 Å². The number of carboxylic acid groups (broad SMARTS) is 1. The van der Waals surface area contributed by atoms with Gasteiger partial charge in [-0.15, -0.1) is 23.2 Å². The maximum Gasteiger partial charge on any atom is 0.312 e. The molecule has 1 N–H and O–H groups in total. The molecule has 0 heterocycles. The van der Waals surface area contributed by atoms with Gasteiger partial charge < -0.3 is 9.84 Å². The first-order valence-electron chi connectivity index (χ1n) is 5.81. The van der Waals surface area contributed by atoms with Crippen LogP contribution in [0.1, 0.15) is 0 Å². The van der Waals surface area contributed by atoms with Crippen LogP contribution in [0.2, 0.25) is 0 Å². The smallest absolute Gasteiger partial charge is 0.312 e. The number of alkyl halides is 4. The van der Waals surface area contributed by atoms with Crippen molar-refractivity contribution in [3.63, 3.8) is 0 Å². The molecule has 1 fully saturated rings. The van der Waals surface area contributed by atoms with E-state index in [2.05, 4.69) is 6.58 Å². The second kappa shape index (κ2) is 5.61. The molecule has 0 aliphatic heterocycles. The lowest BCUT2D eigenvalue weighted by Gasteiger charge is -2.32. The lowest BCUT2D eigenvalue weighted by molar-refractivity contribution is -0.156. The lowest BCUT2D eigenvalue weighted by atomic mass is 9.82. The summed E-state index contributed by atoms with van der Waals surface area (Å²) in [6.45, 7) is 3.23. The number of hydrogen-bond acceptors (Lipinski definition) is 3. The largest absolute Gasteiger partial charge is 0.481 e. The summed E-state index contributed by atoms with van der Waals surface area (Å²) < 4.78 is 2.76. The highest BCUT2D eigenvalue weighted by molar-refractivity contribution is 6.66. The summed E-state index contributed by atoms with van der Waals surface area (Å²) in [7, 11) is 0. The Balaban J connectivity index is 2.67. The minimum atomic E-state index is -2.13. The maximum absolute atomic E-state index is 12.3. The molecule has 2 bridgehead atoms. The Morgan fingerprint density at radius 3 is 2.00 bits per heavy atom. The van der Waals surface area contributed by atoms with Gasteiger partial charge in [-0.1, -0.05) is 59.1 Å². The Labute approximate surface area is 155 Å². The number of carbonyl (C=O) groups is 2. The molecule has 10 heteroatoms. The summed E-state index contributed by atoms with van der Waals surface area (Å²) in [6, 6.07) is 0. The number of esters is 1. The van der Waals surface area contributed by atoms with E-state index < -0.39 is 37.9 Å². The minimum Gasteiger partial charge on any atom is -0.481 e. The van der Waals surface area contributed by atoms with E-state index in [0.29, 0.717) is 0 Å². The molecule has 22 heavy (non-hydrogen) atoms. The Morgan fingerprint density at radius 2 is 1.59 bits per heavy atom. The van der Waals surface area contributed by atoms with Gasteiger partial charge in [-0.05, 0) is 0 Å². The van der Waals surface area contributed by atoms with Crippen LogP contribution in [0.3, 0.4) is 0 Å². The van der Waals surface area contributed by atoms with Gasteiger partial charge in [0.2, 0.25) is 0 Å². The fraction of sp³-hybridized carbons (Fsp3) is 0.500. The number of halogens is 6. The number of carboxylic acids is 1. The zero-order valence-corrected chi connectivity index (χ0v) is 15.1. The predicted molar refractivity (Wildman–Crippen MR) is 86.1 cm³/mol. The number of aliphatic carboxylic acids is 1. The van der Waals surface area contributed by atoms with Crippen LogP contribution in [0, 0.1) is 11.8 Å². The van der Waals surface area contributed by atoms with E-state index in [-0.39, 0.29) is 16.7 Å². The number of fused-ring (bicyclic) bond motifs is 2. The van der Waals surface area contributed by atoms with Crippen LogP contribution in [-0.2, 0) is 14.3 Å². The summed E-state index contributed by atoms with van der Waals surface area (Å²) in [4.78, 5) is 19.9. The average Bonchev–Trinajstić information content (AvgIpc) is 2.64. The van der Waals surface area contributed by atoms with Gasteiger partial charge in [0.15, 0.2) is 4.33 Å². The average molecular weight is 429 g/mol. The topological polar surface area (TPSA) is 63.6 Å². The summed E-state index contributed by atoms with van der Waals surface area (Å²) in [5, 5.41) is 8.92. The zero-order chi connectivity index (χ0) is 17.1. The molecule has 0 aromatic rings. The number of ether oxygens (including phenoxy) is 1. The number of hydrogen-bond donors (Lipinski definition) is 1. The summed E-state index contributed by atoms with van der Waals surface area (Å²) >= 11 is 37.2. The first-order chi connectivity index (χ1) is 9.99.